The van der Waals surface area contributed by atoms with Crippen LogP contribution in [0.15, 0.2) is 53.6 Å². The molecule has 1 aromatic heterocycles. The van der Waals surface area contributed by atoms with E-state index in [0.29, 0.717) is 13.1 Å². The van der Waals surface area contributed by atoms with Crippen molar-refractivity contribution in [2.45, 2.75) is 13.5 Å². The maximum Gasteiger partial charge on any atom is 0.241 e. The first kappa shape index (κ1) is 18.4. The van der Waals surface area contributed by atoms with E-state index in [0.717, 1.165) is 49.9 Å². The van der Waals surface area contributed by atoms with E-state index in [1.165, 1.54) is 0 Å². The van der Waals surface area contributed by atoms with Crippen LogP contribution in [0.4, 0.5) is 5.69 Å². The fourth-order valence-corrected chi connectivity index (χ4v) is 3.19. The summed E-state index contributed by atoms with van der Waals surface area (Å²) in [6.07, 6.45) is 1.77. The Balaban J connectivity index is 1.51. The summed E-state index contributed by atoms with van der Waals surface area (Å²) in [7, 11) is 0. The molecule has 138 valence electrons. The summed E-state index contributed by atoms with van der Waals surface area (Å²) in [5.74, 6) is 0.948. The Morgan fingerprint density at radius 3 is 2.54 bits per heavy atom. The van der Waals surface area contributed by atoms with Crippen LogP contribution in [0, 0.1) is 6.92 Å². The topological polar surface area (TPSA) is 52.8 Å². The van der Waals surface area contributed by atoms with E-state index in [4.69, 9.17) is 4.52 Å². The van der Waals surface area contributed by atoms with Crippen LogP contribution in [-0.2, 0) is 11.3 Å². The fourth-order valence-electron chi connectivity index (χ4n) is 3.19. The van der Waals surface area contributed by atoms with E-state index in [-0.39, 0.29) is 5.91 Å². The van der Waals surface area contributed by atoms with Crippen LogP contribution in [0.1, 0.15) is 11.5 Å². The van der Waals surface area contributed by atoms with Crippen molar-refractivity contribution in [3.8, 4) is 0 Å². The first-order chi connectivity index (χ1) is 12.7. The number of piperazine rings is 1. The average molecular weight is 354 g/mol. The lowest BCUT2D eigenvalue weighted by atomic mass is 10.2. The van der Waals surface area contributed by atoms with Gasteiger partial charge in [0.15, 0.2) is 0 Å². The molecule has 0 atom stereocenters. The Hall–Kier alpha value is -2.44. The van der Waals surface area contributed by atoms with Gasteiger partial charge >= 0.3 is 0 Å². The maximum atomic E-state index is 12.8. The molecule has 0 saturated carbocycles. The van der Waals surface area contributed by atoms with Gasteiger partial charge in [-0.1, -0.05) is 29.4 Å². The highest BCUT2D eigenvalue weighted by Gasteiger charge is 2.22. The predicted octanol–water partition coefficient (Wildman–Crippen LogP) is 2.32. The van der Waals surface area contributed by atoms with E-state index >= 15 is 0 Å². The summed E-state index contributed by atoms with van der Waals surface area (Å²) in [6, 6.07) is 11.7. The molecule has 0 N–H and O–H groups in total. The van der Waals surface area contributed by atoms with Gasteiger partial charge in [-0.15, -0.1) is 6.58 Å². The fraction of sp³-hybridized carbons (Fsp3) is 0.400. The lowest BCUT2D eigenvalue weighted by Crippen LogP contribution is -2.49. The SMILES string of the molecule is C=CCN(C(=O)CN1CCN(Cc2cc(C)on2)CC1)c1ccccc1. The van der Waals surface area contributed by atoms with Crippen molar-refractivity contribution in [2.75, 3.05) is 44.2 Å². The number of nitrogens with zero attached hydrogens (tertiary/aromatic N) is 4. The molecule has 6 nitrogen and oxygen atoms in total. The third-order valence-corrected chi connectivity index (χ3v) is 4.57. The summed E-state index contributed by atoms with van der Waals surface area (Å²) in [6.45, 7) is 11.0. The summed E-state index contributed by atoms with van der Waals surface area (Å²) in [5.41, 5.74) is 1.88. The lowest BCUT2D eigenvalue weighted by Gasteiger charge is -2.35. The minimum Gasteiger partial charge on any atom is -0.361 e. The van der Waals surface area contributed by atoms with Gasteiger partial charge in [0.05, 0.1) is 12.2 Å². The van der Waals surface area contributed by atoms with Crippen LogP contribution in [0.5, 0.6) is 0 Å². The van der Waals surface area contributed by atoms with Crippen LogP contribution >= 0.6 is 0 Å². The summed E-state index contributed by atoms with van der Waals surface area (Å²) < 4.78 is 5.13. The Morgan fingerprint density at radius 2 is 1.92 bits per heavy atom. The molecule has 0 aliphatic carbocycles. The maximum absolute atomic E-state index is 12.8. The molecule has 1 saturated heterocycles. The van der Waals surface area contributed by atoms with Gasteiger partial charge in [-0.3, -0.25) is 14.6 Å². The summed E-state index contributed by atoms with van der Waals surface area (Å²) in [4.78, 5) is 19.1. The lowest BCUT2D eigenvalue weighted by molar-refractivity contribution is -0.120. The zero-order valence-electron chi connectivity index (χ0n) is 15.3. The molecule has 0 unspecified atom stereocenters. The molecule has 0 radical (unpaired) electrons. The van der Waals surface area contributed by atoms with Gasteiger partial charge in [0.1, 0.15) is 5.76 Å². The highest BCUT2D eigenvalue weighted by Crippen LogP contribution is 2.15. The second-order valence-corrected chi connectivity index (χ2v) is 6.61. The third-order valence-electron chi connectivity index (χ3n) is 4.57. The van der Waals surface area contributed by atoms with E-state index in [1.807, 2.05) is 43.3 Å². The molecule has 1 aliphatic heterocycles. The van der Waals surface area contributed by atoms with E-state index in [2.05, 4.69) is 21.5 Å². The number of carbonyl (C=O) groups is 1. The normalized spacial score (nSPS) is 15.7. The highest BCUT2D eigenvalue weighted by atomic mass is 16.5. The second-order valence-electron chi connectivity index (χ2n) is 6.61. The van der Waals surface area contributed by atoms with Gasteiger partial charge in [0, 0.05) is 51.0 Å². The number of hydrogen-bond acceptors (Lipinski definition) is 5. The molecular weight excluding hydrogens is 328 g/mol. The van der Waals surface area contributed by atoms with E-state index in [9.17, 15) is 4.79 Å². The van der Waals surface area contributed by atoms with Crippen LogP contribution in [-0.4, -0.2) is 60.1 Å². The van der Waals surface area contributed by atoms with E-state index in [1.54, 1.807) is 11.0 Å². The molecule has 2 aromatic rings. The molecule has 3 rings (SSSR count). The van der Waals surface area contributed by atoms with Crippen LogP contribution in [0.2, 0.25) is 0 Å². The molecule has 2 heterocycles. The van der Waals surface area contributed by atoms with Gasteiger partial charge in [-0.25, -0.2) is 0 Å². The van der Waals surface area contributed by atoms with Crippen molar-refractivity contribution in [3.63, 3.8) is 0 Å². The van der Waals surface area contributed by atoms with Gasteiger partial charge in [-0.2, -0.15) is 0 Å². The number of amides is 1. The number of para-hydroxylation sites is 1. The predicted molar refractivity (Wildman–Crippen MR) is 102 cm³/mol. The van der Waals surface area contributed by atoms with E-state index < -0.39 is 0 Å². The average Bonchev–Trinajstić information content (AvgIpc) is 3.06. The number of carbonyl (C=O) groups excluding carboxylic acids is 1. The number of hydrogen-bond donors (Lipinski definition) is 0. The van der Waals surface area contributed by atoms with Crippen molar-refractivity contribution in [3.05, 3.63) is 60.5 Å². The number of aryl methyl sites for hydroxylation is 1. The van der Waals surface area contributed by atoms with Crippen molar-refractivity contribution < 1.29 is 9.32 Å². The minimum absolute atomic E-state index is 0.108. The van der Waals surface area contributed by atoms with Crippen LogP contribution < -0.4 is 4.90 Å². The van der Waals surface area contributed by atoms with Gasteiger partial charge in [0.25, 0.3) is 0 Å². The molecule has 6 heteroatoms. The number of anilines is 1. The second kappa shape index (κ2) is 8.78. The number of aromatic nitrogens is 1. The number of rotatable bonds is 7. The van der Waals surface area contributed by atoms with Crippen molar-refractivity contribution in [1.29, 1.82) is 0 Å². The largest absolute Gasteiger partial charge is 0.361 e. The van der Waals surface area contributed by atoms with Crippen LogP contribution in [0.25, 0.3) is 0 Å². The zero-order chi connectivity index (χ0) is 18.4. The zero-order valence-corrected chi connectivity index (χ0v) is 15.3. The first-order valence-corrected chi connectivity index (χ1v) is 8.99. The monoisotopic (exact) mass is 354 g/mol. The Morgan fingerprint density at radius 1 is 1.23 bits per heavy atom. The van der Waals surface area contributed by atoms with Crippen molar-refractivity contribution in [2.24, 2.45) is 0 Å². The van der Waals surface area contributed by atoms with Crippen molar-refractivity contribution in [1.82, 2.24) is 15.0 Å². The molecule has 1 aromatic carbocycles. The summed E-state index contributed by atoms with van der Waals surface area (Å²) >= 11 is 0. The minimum atomic E-state index is 0.108. The molecule has 26 heavy (non-hydrogen) atoms. The highest BCUT2D eigenvalue weighted by molar-refractivity contribution is 5.95. The smallest absolute Gasteiger partial charge is 0.241 e. The number of benzene rings is 1. The Kier molecular flexibility index (Phi) is 6.20. The standard InChI is InChI=1S/C20H26N4O2/c1-3-9-24(19-7-5-4-6-8-19)20(25)16-23-12-10-22(11-13-23)15-18-14-17(2)26-21-18/h3-8,14H,1,9-13,15-16H2,2H3. The Bertz CT molecular complexity index is 720. The first-order valence-electron chi connectivity index (χ1n) is 8.99. The van der Waals surface area contributed by atoms with Crippen molar-refractivity contribution >= 4 is 11.6 Å². The molecule has 1 fully saturated rings. The summed E-state index contributed by atoms with van der Waals surface area (Å²) in [5, 5.41) is 4.05. The molecular formula is C20H26N4O2. The van der Waals surface area contributed by atoms with Crippen LogP contribution in [0.3, 0.4) is 0 Å². The molecule has 0 spiro atoms. The molecule has 1 amide bonds. The molecule has 0 bridgehead atoms. The van der Waals surface area contributed by atoms with Gasteiger partial charge in [-0.05, 0) is 19.1 Å². The quantitative estimate of drug-likeness (QED) is 0.714. The van der Waals surface area contributed by atoms with Gasteiger partial charge in [0.2, 0.25) is 5.91 Å². The van der Waals surface area contributed by atoms with Gasteiger partial charge < -0.3 is 9.42 Å². The Labute approximate surface area is 154 Å². The molecule has 1 aliphatic rings. The third kappa shape index (κ3) is 4.80.